The number of methoxy groups -OCH3 is 2. The fraction of sp³-hybridized carbons (Fsp3) is 0.568. The molecule has 44 heavy (non-hydrogen) atoms. The third-order valence-corrected chi connectivity index (χ3v) is 10.4. The Bertz CT molecular complexity index is 1410. The molecule has 1 saturated carbocycles. The van der Waals surface area contributed by atoms with E-state index in [-0.39, 0.29) is 11.9 Å². The number of hydrogen-bond acceptors (Lipinski definition) is 6. The number of rotatable bonds is 9. The van der Waals surface area contributed by atoms with E-state index in [2.05, 4.69) is 46.3 Å². The van der Waals surface area contributed by atoms with E-state index >= 15 is 0 Å². The quantitative estimate of drug-likeness (QED) is 0.284. The molecule has 7 heteroatoms. The van der Waals surface area contributed by atoms with Crippen molar-refractivity contribution in [2.24, 2.45) is 5.92 Å². The number of hydrogen-bond donors (Lipinski definition) is 1. The Hall–Kier alpha value is -3.16. The SMILES string of the molecule is COc1cc2nc(-c3ccccc3)c(CN3CCC(N4CCCCC4)CC3)c(C(=O)N[C@@H](C)C3CCCCC3)c2cc1OC. The summed E-state index contributed by atoms with van der Waals surface area (Å²) in [5.41, 5.74) is 4.36. The third kappa shape index (κ3) is 6.74. The fourth-order valence-corrected chi connectivity index (χ4v) is 7.86. The summed E-state index contributed by atoms with van der Waals surface area (Å²) in [7, 11) is 3.29. The molecule has 0 radical (unpaired) electrons. The highest BCUT2D eigenvalue weighted by atomic mass is 16.5. The Morgan fingerprint density at radius 1 is 0.886 bits per heavy atom. The van der Waals surface area contributed by atoms with Gasteiger partial charge in [0.25, 0.3) is 5.91 Å². The van der Waals surface area contributed by atoms with Crippen molar-refractivity contribution in [1.82, 2.24) is 20.1 Å². The second kappa shape index (κ2) is 14.3. The van der Waals surface area contributed by atoms with E-state index in [9.17, 15) is 4.79 Å². The van der Waals surface area contributed by atoms with Crippen LogP contribution in [0.15, 0.2) is 42.5 Å². The summed E-state index contributed by atoms with van der Waals surface area (Å²) < 4.78 is 11.4. The van der Waals surface area contributed by atoms with Gasteiger partial charge in [-0.2, -0.15) is 0 Å². The van der Waals surface area contributed by atoms with E-state index in [1.54, 1.807) is 14.2 Å². The van der Waals surface area contributed by atoms with Gasteiger partial charge in [0.15, 0.2) is 11.5 Å². The number of carbonyl (C=O) groups is 1. The number of ether oxygens (including phenoxy) is 2. The summed E-state index contributed by atoms with van der Waals surface area (Å²) in [5, 5.41) is 4.28. The van der Waals surface area contributed by atoms with Crippen molar-refractivity contribution in [3.63, 3.8) is 0 Å². The molecule has 3 fully saturated rings. The highest BCUT2D eigenvalue weighted by Gasteiger charge is 2.30. The first-order valence-corrected chi connectivity index (χ1v) is 17.0. The van der Waals surface area contributed by atoms with Crippen LogP contribution in [0.5, 0.6) is 11.5 Å². The van der Waals surface area contributed by atoms with E-state index in [0.29, 0.717) is 30.0 Å². The van der Waals surface area contributed by atoms with E-state index in [1.165, 1.54) is 77.3 Å². The number of aromatic nitrogens is 1. The number of piperidine rings is 2. The second-order valence-electron chi connectivity index (χ2n) is 13.2. The first-order valence-electron chi connectivity index (χ1n) is 17.0. The molecule has 0 spiro atoms. The molecule has 1 atom stereocenters. The number of amides is 1. The smallest absolute Gasteiger partial charge is 0.252 e. The van der Waals surface area contributed by atoms with Crippen molar-refractivity contribution in [1.29, 1.82) is 0 Å². The Morgan fingerprint density at radius 3 is 2.23 bits per heavy atom. The summed E-state index contributed by atoms with van der Waals surface area (Å²) >= 11 is 0. The average Bonchev–Trinajstić information content (AvgIpc) is 3.08. The lowest BCUT2D eigenvalue weighted by Crippen LogP contribution is -2.46. The number of likely N-dealkylation sites (tertiary alicyclic amines) is 2. The van der Waals surface area contributed by atoms with Crippen molar-refractivity contribution in [3.05, 3.63) is 53.6 Å². The van der Waals surface area contributed by atoms with Crippen molar-refractivity contribution in [2.75, 3.05) is 40.4 Å². The lowest BCUT2D eigenvalue weighted by atomic mass is 9.84. The molecule has 3 heterocycles. The first kappa shape index (κ1) is 30.8. The Morgan fingerprint density at radius 2 is 1.55 bits per heavy atom. The molecule has 1 amide bonds. The molecule has 236 valence electrons. The number of nitrogens with zero attached hydrogens (tertiary/aromatic N) is 3. The van der Waals surface area contributed by atoms with Crippen LogP contribution >= 0.6 is 0 Å². The van der Waals surface area contributed by atoms with Gasteiger partial charge in [-0.05, 0) is 83.6 Å². The summed E-state index contributed by atoms with van der Waals surface area (Å²) in [6, 6.07) is 15.0. The predicted octanol–water partition coefficient (Wildman–Crippen LogP) is 7.07. The molecule has 1 N–H and O–H groups in total. The van der Waals surface area contributed by atoms with Crippen LogP contribution in [-0.2, 0) is 6.54 Å². The van der Waals surface area contributed by atoms with Crippen molar-refractivity contribution in [3.8, 4) is 22.8 Å². The van der Waals surface area contributed by atoms with Gasteiger partial charge in [-0.3, -0.25) is 9.69 Å². The van der Waals surface area contributed by atoms with Crippen LogP contribution in [-0.4, -0.2) is 73.2 Å². The Balaban J connectivity index is 1.40. The standard InChI is InChI=1S/C37H50N4O3/c1-26(27-13-7-4-8-14-27)38-37(42)35-30-23-33(43-2)34(44-3)24-32(30)39-36(28-15-9-5-10-16-28)31(35)25-40-21-17-29(18-22-40)41-19-11-6-12-20-41/h5,9-10,15-16,23-24,26-27,29H,4,6-8,11-14,17-22,25H2,1-3H3,(H,38,42)/t26-/m0/s1. The number of pyridine rings is 1. The van der Waals surface area contributed by atoms with Crippen LogP contribution in [0.1, 0.15) is 87.1 Å². The zero-order valence-corrected chi connectivity index (χ0v) is 26.9. The maximum atomic E-state index is 14.5. The molecule has 6 rings (SSSR count). The van der Waals surface area contributed by atoms with Crippen LogP contribution in [0.3, 0.4) is 0 Å². The molecule has 1 aliphatic carbocycles. The van der Waals surface area contributed by atoms with Gasteiger partial charge in [0, 0.05) is 41.2 Å². The second-order valence-corrected chi connectivity index (χ2v) is 13.2. The van der Waals surface area contributed by atoms with Crippen LogP contribution in [0.25, 0.3) is 22.2 Å². The summed E-state index contributed by atoms with van der Waals surface area (Å²) in [6.45, 7) is 7.41. The molecule has 3 aliphatic rings. The van der Waals surface area contributed by atoms with Crippen LogP contribution in [0.2, 0.25) is 0 Å². The molecule has 2 aromatic carbocycles. The van der Waals surface area contributed by atoms with Crippen LogP contribution < -0.4 is 14.8 Å². The minimum absolute atomic E-state index is 0.0157. The van der Waals surface area contributed by atoms with Gasteiger partial charge < -0.3 is 19.7 Å². The molecular formula is C37H50N4O3. The van der Waals surface area contributed by atoms with Crippen molar-refractivity contribution in [2.45, 2.75) is 89.8 Å². The average molecular weight is 599 g/mol. The molecule has 3 aromatic rings. The van der Waals surface area contributed by atoms with Gasteiger partial charge in [0.2, 0.25) is 0 Å². The lowest BCUT2D eigenvalue weighted by molar-refractivity contribution is 0.0878. The molecule has 7 nitrogen and oxygen atoms in total. The van der Waals surface area contributed by atoms with Gasteiger partial charge in [-0.25, -0.2) is 4.98 Å². The monoisotopic (exact) mass is 598 g/mol. The van der Waals surface area contributed by atoms with Crippen molar-refractivity contribution < 1.29 is 14.3 Å². The summed E-state index contributed by atoms with van der Waals surface area (Å²) in [5.74, 6) is 1.72. The third-order valence-electron chi connectivity index (χ3n) is 10.4. The lowest BCUT2D eigenvalue weighted by Gasteiger charge is -2.40. The van der Waals surface area contributed by atoms with E-state index < -0.39 is 0 Å². The van der Waals surface area contributed by atoms with Crippen molar-refractivity contribution >= 4 is 16.8 Å². The maximum absolute atomic E-state index is 14.5. The van der Waals surface area contributed by atoms with E-state index in [4.69, 9.17) is 14.5 Å². The van der Waals surface area contributed by atoms with Gasteiger partial charge in [-0.15, -0.1) is 0 Å². The maximum Gasteiger partial charge on any atom is 0.252 e. The number of nitrogens with one attached hydrogen (secondary N) is 1. The van der Waals surface area contributed by atoms with Gasteiger partial charge in [0.05, 0.1) is 31.0 Å². The molecular weight excluding hydrogens is 548 g/mol. The number of benzene rings is 2. The van der Waals surface area contributed by atoms with Gasteiger partial charge >= 0.3 is 0 Å². The molecule has 1 aromatic heterocycles. The summed E-state index contributed by atoms with van der Waals surface area (Å²) in [6.07, 6.45) is 12.5. The molecule has 0 bridgehead atoms. The predicted molar refractivity (Wildman–Crippen MR) is 178 cm³/mol. The minimum atomic E-state index is -0.0157. The molecule has 0 unspecified atom stereocenters. The fourth-order valence-electron chi connectivity index (χ4n) is 7.86. The van der Waals surface area contributed by atoms with Crippen LogP contribution in [0, 0.1) is 5.92 Å². The first-order chi connectivity index (χ1) is 21.6. The normalized spacial score (nSPS) is 20.0. The molecule has 2 aliphatic heterocycles. The number of carbonyl (C=O) groups excluding carboxylic acids is 1. The van der Waals surface area contributed by atoms with Gasteiger partial charge in [-0.1, -0.05) is 56.0 Å². The van der Waals surface area contributed by atoms with Gasteiger partial charge in [0.1, 0.15) is 0 Å². The summed E-state index contributed by atoms with van der Waals surface area (Å²) in [4.78, 5) is 25.0. The zero-order valence-electron chi connectivity index (χ0n) is 26.9. The number of fused-ring (bicyclic) bond motifs is 1. The highest BCUT2D eigenvalue weighted by Crippen LogP contribution is 2.38. The molecule has 2 saturated heterocycles. The van der Waals surface area contributed by atoms with E-state index in [1.807, 2.05) is 18.2 Å². The Labute approximate surface area is 263 Å². The van der Waals surface area contributed by atoms with E-state index in [0.717, 1.165) is 46.4 Å². The largest absolute Gasteiger partial charge is 0.493 e. The topological polar surface area (TPSA) is 66.9 Å². The minimum Gasteiger partial charge on any atom is -0.493 e. The zero-order chi connectivity index (χ0) is 30.5. The highest BCUT2D eigenvalue weighted by molar-refractivity contribution is 6.09. The van der Waals surface area contributed by atoms with Crippen LogP contribution in [0.4, 0.5) is 0 Å². The Kier molecular flexibility index (Phi) is 10.0.